The van der Waals surface area contributed by atoms with Crippen LogP contribution in [0.5, 0.6) is 11.5 Å². The van der Waals surface area contributed by atoms with Gasteiger partial charge in [0.05, 0.1) is 12.5 Å². The molecule has 0 spiro atoms. The summed E-state index contributed by atoms with van der Waals surface area (Å²) in [6.07, 6.45) is 1.10. The number of nitrogens with zero attached hydrogens (tertiary/aromatic N) is 2. The van der Waals surface area contributed by atoms with Crippen molar-refractivity contribution in [2.75, 3.05) is 33.3 Å². The number of sulfonamides is 1. The summed E-state index contributed by atoms with van der Waals surface area (Å²) in [6.45, 7) is 1.43. The molecule has 0 bridgehead atoms. The number of amides is 1. The average Bonchev–Trinajstić information content (AvgIpc) is 3.29. The van der Waals surface area contributed by atoms with Gasteiger partial charge in [-0.15, -0.1) is 11.3 Å². The molecule has 9 heteroatoms. The number of hydrogen-bond acceptors (Lipinski definition) is 6. The summed E-state index contributed by atoms with van der Waals surface area (Å²) in [5.74, 6) is 0.980. The standard InChI is InChI=1S/C20H24N2O5S2/c1-21(13-16-14-26-17-7-2-3-8-18(17)27-16)20(23)15-6-4-10-22(12-15)29(24,25)19-9-5-11-28-19/h2-3,5,7-9,11,15-16H,4,6,10,12-14H2,1H3. The molecule has 2 atom stereocenters. The third-order valence-electron chi connectivity index (χ3n) is 5.24. The first-order chi connectivity index (χ1) is 13.9. The van der Waals surface area contributed by atoms with Gasteiger partial charge < -0.3 is 14.4 Å². The third-order valence-corrected chi connectivity index (χ3v) is 8.48. The van der Waals surface area contributed by atoms with E-state index < -0.39 is 10.0 Å². The van der Waals surface area contributed by atoms with E-state index in [1.54, 1.807) is 29.5 Å². The largest absolute Gasteiger partial charge is 0.486 e. The van der Waals surface area contributed by atoms with E-state index in [4.69, 9.17) is 9.47 Å². The number of ether oxygens (including phenoxy) is 2. The van der Waals surface area contributed by atoms with Gasteiger partial charge in [0.2, 0.25) is 5.91 Å². The van der Waals surface area contributed by atoms with Crippen molar-refractivity contribution in [3.05, 3.63) is 41.8 Å². The first-order valence-electron chi connectivity index (χ1n) is 9.62. The van der Waals surface area contributed by atoms with E-state index in [-0.39, 0.29) is 24.5 Å². The predicted molar refractivity (Wildman–Crippen MR) is 110 cm³/mol. The van der Waals surface area contributed by atoms with E-state index in [0.29, 0.717) is 48.2 Å². The molecule has 0 N–H and O–H groups in total. The Morgan fingerprint density at radius 3 is 2.79 bits per heavy atom. The summed E-state index contributed by atoms with van der Waals surface area (Å²) in [5.41, 5.74) is 0. The zero-order valence-corrected chi connectivity index (χ0v) is 17.8. The fourth-order valence-corrected chi connectivity index (χ4v) is 6.43. The molecule has 2 aliphatic heterocycles. The minimum atomic E-state index is -3.54. The number of benzene rings is 1. The maximum absolute atomic E-state index is 13.0. The van der Waals surface area contributed by atoms with Gasteiger partial charge in [0.1, 0.15) is 10.8 Å². The van der Waals surface area contributed by atoms with Crippen molar-refractivity contribution < 1.29 is 22.7 Å². The van der Waals surface area contributed by atoms with Crippen LogP contribution in [0.1, 0.15) is 12.8 Å². The summed E-state index contributed by atoms with van der Waals surface area (Å²) in [6, 6.07) is 10.8. The molecule has 1 saturated heterocycles. The van der Waals surface area contributed by atoms with Gasteiger partial charge in [-0.05, 0) is 36.4 Å². The Hall–Kier alpha value is -2.10. The predicted octanol–water partition coefficient (Wildman–Crippen LogP) is 2.45. The summed E-state index contributed by atoms with van der Waals surface area (Å²) in [4.78, 5) is 14.6. The van der Waals surface area contributed by atoms with E-state index in [0.717, 1.165) is 0 Å². The van der Waals surface area contributed by atoms with Crippen LogP contribution in [0.3, 0.4) is 0 Å². The van der Waals surface area contributed by atoms with Crippen LogP contribution < -0.4 is 9.47 Å². The van der Waals surface area contributed by atoms with Gasteiger partial charge in [-0.1, -0.05) is 18.2 Å². The zero-order valence-electron chi connectivity index (χ0n) is 16.2. The lowest BCUT2D eigenvalue weighted by atomic mass is 9.98. The topological polar surface area (TPSA) is 76.2 Å². The van der Waals surface area contributed by atoms with Crippen molar-refractivity contribution in [2.24, 2.45) is 5.92 Å². The molecule has 2 aromatic rings. The van der Waals surface area contributed by atoms with Crippen molar-refractivity contribution in [3.63, 3.8) is 0 Å². The van der Waals surface area contributed by atoms with Gasteiger partial charge in [-0.2, -0.15) is 4.31 Å². The van der Waals surface area contributed by atoms with Crippen LogP contribution in [0.2, 0.25) is 0 Å². The van der Waals surface area contributed by atoms with Gasteiger partial charge in [0.15, 0.2) is 17.6 Å². The quantitative estimate of drug-likeness (QED) is 0.720. The maximum Gasteiger partial charge on any atom is 0.252 e. The second kappa shape index (κ2) is 8.33. The molecule has 2 aliphatic rings. The molecule has 3 heterocycles. The van der Waals surface area contributed by atoms with Crippen LogP contribution >= 0.6 is 11.3 Å². The summed E-state index contributed by atoms with van der Waals surface area (Å²) in [7, 11) is -1.80. The fourth-order valence-electron chi connectivity index (χ4n) is 3.76. The molecule has 2 unspecified atom stereocenters. The van der Waals surface area contributed by atoms with E-state index in [1.807, 2.05) is 24.3 Å². The van der Waals surface area contributed by atoms with Crippen LogP contribution in [0.15, 0.2) is 46.0 Å². The first-order valence-corrected chi connectivity index (χ1v) is 11.9. The summed E-state index contributed by atoms with van der Waals surface area (Å²) < 4.78 is 39.0. The summed E-state index contributed by atoms with van der Waals surface area (Å²) >= 11 is 1.20. The Morgan fingerprint density at radius 2 is 2.03 bits per heavy atom. The molecule has 29 heavy (non-hydrogen) atoms. The van der Waals surface area contributed by atoms with Crippen LogP contribution in [0, 0.1) is 5.92 Å². The van der Waals surface area contributed by atoms with E-state index in [9.17, 15) is 13.2 Å². The van der Waals surface area contributed by atoms with Crippen LogP contribution in [0.25, 0.3) is 0 Å². The van der Waals surface area contributed by atoms with Gasteiger partial charge in [-0.25, -0.2) is 8.42 Å². The Morgan fingerprint density at radius 1 is 1.24 bits per heavy atom. The van der Waals surface area contributed by atoms with E-state index in [1.165, 1.54) is 15.6 Å². The van der Waals surface area contributed by atoms with E-state index >= 15 is 0 Å². The van der Waals surface area contributed by atoms with Crippen molar-refractivity contribution in [1.82, 2.24) is 9.21 Å². The Bertz CT molecular complexity index is 961. The lowest BCUT2D eigenvalue weighted by molar-refractivity contribution is -0.136. The number of hydrogen-bond donors (Lipinski definition) is 0. The number of carbonyl (C=O) groups excluding carboxylic acids is 1. The molecule has 1 amide bonds. The minimum absolute atomic E-state index is 0.0569. The Kier molecular flexibility index (Phi) is 5.80. The molecule has 4 rings (SSSR count). The number of para-hydroxylation sites is 2. The maximum atomic E-state index is 13.0. The average molecular weight is 437 g/mol. The number of likely N-dealkylation sites (N-methyl/N-ethyl adjacent to an activating group) is 1. The number of piperidine rings is 1. The number of rotatable bonds is 5. The van der Waals surface area contributed by atoms with Crippen LogP contribution in [-0.2, 0) is 14.8 Å². The SMILES string of the molecule is CN(CC1COc2ccccc2O1)C(=O)C1CCCN(S(=O)(=O)c2cccs2)C1. The summed E-state index contributed by atoms with van der Waals surface area (Å²) in [5, 5.41) is 1.75. The second-order valence-corrected chi connectivity index (χ2v) is 10.5. The monoisotopic (exact) mass is 436 g/mol. The highest BCUT2D eigenvalue weighted by molar-refractivity contribution is 7.91. The highest BCUT2D eigenvalue weighted by atomic mass is 32.2. The Balaban J connectivity index is 1.38. The minimum Gasteiger partial charge on any atom is -0.486 e. The molecular weight excluding hydrogens is 412 g/mol. The van der Waals surface area contributed by atoms with Crippen molar-refractivity contribution in [1.29, 1.82) is 0 Å². The molecule has 156 valence electrons. The van der Waals surface area contributed by atoms with Gasteiger partial charge >= 0.3 is 0 Å². The second-order valence-electron chi connectivity index (χ2n) is 7.35. The molecular formula is C20H24N2O5S2. The van der Waals surface area contributed by atoms with Crippen molar-refractivity contribution >= 4 is 27.3 Å². The van der Waals surface area contributed by atoms with Gasteiger partial charge in [0.25, 0.3) is 10.0 Å². The molecule has 0 aliphatic carbocycles. The van der Waals surface area contributed by atoms with Crippen LogP contribution in [0.4, 0.5) is 0 Å². The normalized spacial score (nSPS) is 22.2. The highest BCUT2D eigenvalue weighted by Crippen LogP contribution is 2.31. The van der Waals surface area contributed by atoms with Crippen molar-refractivity contribution in [2.45, 2.75) is 23.2 Å². The molecule has 1 aromatic heterocycles. The third kappa shape index (κ3) is 4.26. The molecule has 0 saturated carbocycles. The Labute approximate surface area is 174 Å². The lowest BCUT2D eigenvalue weighted by Gasteiger charge is -2.34. The first kappa shape index (κ1) is 20.2. The lowest BCUT2D eigenvalue weighted by Crippen LogP contribution is -2.48. The van der Waals surface area contributed by atoms with Crippen LogP contribution in [-0.4, -0.2) is 62.9 Å². The molecule has 1 aromatic carbocycles. The smallest absolute Gasteiger partial charge is 0.252 e. The number of carbonyl (C=O) groups is 1. The highest BCUT2D eigenvalue weighted by Gasteiger charge is 2.35. The molecule has 0 radical (unpaired) electrons. The molecule has 7 nitrogen and oxygen atoms in total. The molecule has 1 fully saturated rings. The zero-order chi connectivity index (χ0) is 20.4. The van der Waals surface area contributed by atoms with Gasteiger partial charge in [-0.3, -0.25) is 4.79 Å². The van der Waals surface area contributed by atoms with E-state index in [2.05, 4.69) is 0 Å². The van der Waals surface area contributed by atoms with Gasteiger partial charge in [0, 0.05) is 20.1 Å². The fraction of sp³-hybridized carbons (Fsp3) is 0.450. The number of fused-ring (bicyclic) bond motifs is 1. The van der Waals surface area contributed by atoms with Crippen molar-refractivity contribution in [3.8, 4) is 11.5 Å². The number of thiophene rings is 1.